The third-order valence-electron chi connectivity index (χ3n) is 1.65. The average Bonchev–Trinajstić information content (AvgIpc) is 2.04. The Labute approximate surface area is 74.1 Å². The molecule has 0 spiro atoms. The molecular formula is C8H19NO3. The second-order valence-corrected chi connectivity index (χ2v) is 2.50. The van der Waals surface area contributed by atoms with Crippen molar-refractivity contribution in [1.29, 1.82) is 0 Å². The summed E-state index contributed by atoms with van der Waals surface area (Å²) in [7, 11) is 1.75. The zero-order chi connectivity index (χ0) is 9.56. The molecule has 1 N–H and O–H groups in total. The lowest BCUT2D eigenvalue weighted by molar-refractivity contribution is -0.226. The van der Waals surface area contributed by atoms with Gasteiger partial charge in [-0.15, -0.1) is 0 Å². The van der Waals surface area contributed by atoms with Gasteiger partial charge in [0.05, 0.1) is 0 Å². The van der Waals surface area contributed by atoms with E-state index in [4.69, 9.17) is 9.47 Å². The van der Waals surface area contributed by atoms with Crippen LogP contribution < -0.4 is 0 Å². The molecule has 0 fully saturated rings. The Kier molecular flexibility index (Phi) is 6.28. The maximum absolute atomic E-state index is 9.34. The van der Waals surface area contributed by atoms with Crippen molar-refractivity contribution in [3.05, 3.63) is 0 Å². The Bertz CT molecular complexity index is 98.5. The highest BCUT2D eigenvalue weighted by molar-refractivity contribution is 4.49. The maximum atomic E-state index is 9.34. The molecule has 0 bridgehead atoms. The fraction of sp³-hybridized carbons (Fsp3) is 1.00. The lowest BCUT2D eigenvalue weighted by Gasteiger charge is -2.28. The smallest absolute Gasteiger partial charge is 0.217 e. The van der Waals surface area contributed by atoms with E-state index >= 15 is 0 Å². The van der Waals surface area contributed by atoms with Crippen molar-refractivity contribution in [1.82, 2.24) is 4.90 Å². The Morgan fingerprint density at radius 2 is 1.75 bits per heavy atom. The Balaban J connectivity index is 3.73. The van der Waals surface area contributed by atoms with Gasteiger partial charge in [0.2, 0.25) is 6.41 Å². The van der Waals surface area contributed by atoms with Gasteiger partial charge in [0.25, 0.3) is 0 Å². The first-order chi connectivity index (χ1) is 5.63. The third-order valence-corrected chi connectivity index (χ3v) is 1.65. The van der Waals surface area contributed by atoms with Crippen molar-refractivity contribution in [3.8, 4) is 0 Å². The Morgan fingerprint density at radius 3 is 2.17 bits per heavy atom. The normalized spacial score (nSPS) is 16.5. The van der Waals surface area contributed by atoms with Gasteiger partial charge >= 0.3 is 0 Å². The van der Waals surface area contributed by atoms with Crippen molar-refractivity contribution in [2.24, 2.45) is 0 Å². The predicted octanol–water partition coefficient (Wildman–Crippen LogP) is 0.613. The number of aliphatic hydroxyl groups excluding tert-OH is 1. The zero-order valence-corrected chi connectivity index (χ0v) is 8.28. The van der Waals surface area contributed by atoms with Crippen molar-refractivity contribution >= 4 is 0 Å². The molecule has 74 valence electrons. The van der Waals surface area contributed by atoms with Crippen molar-refractivity contribution in [2.75, 3.05) is 20.3 Å². The topological polar surface area (TPSA) is 41.9 Å². The second-order valence-electron chi connectivity index (χ2n) is 2.50. The van der Waals surface area contributed by atoms with Crippen LogP contribution in [0, 0.1) is 0 Å². The summed E-state index contributed by atoms with van der Waals surface area (Å²) in [5, 5.41) is 9.34. The van der Waals surface area contributed by atoms with Gasteiger partial charge in [-0.25, -0.2) is 4.90 Å². The Hall–Kier alpha value is -0.160. The summed E-state index contributed by atoms with van der Waals surface area (Å²) in [6, 6.07) is 0. The van der Waals surface area contributed by atoms with E-state index in [1.807, 2.05) is 20.8 Å². The van der Waals surface area contributed by atoms with E-state index in [0.717, 1.165) is 0 Å². The van der Waals surface area contributed by atoms with E-state index in [1.165, 1.54) is 0 Å². The van der Waals surface area contributed by atoms with Gasteiger partial charge in [-0.2, -0.15) is 0 Å². The van der Waals surface area contributed by atoms with Crippen LogP contribution in [0.4, 0.5) is 0 Å². The second kappa shape index (κ2) is 6.37. The molecule has 0 rings (SSSR count). The molecule has 2 unspecified atom stereocenters. The first-order valence-electron chi connectivity index (χ1n) is 4.26. The monoisotopic (exact) mass is 177 g/mol. The Morgan fingerprint density at radius 1 is 1.25 bits per heavy atom. The highest BCUT2D eigenvalue weighted by atomic mass is 16.6. The van der Waals surface area contributed by atoms with E-state index in [9.17, 15) is 5.11 Å². The molecule has 0 saturated carbocycles. The fourth-order valence-electron chi connectivity index (χ4n) is 0.805. The summed E-state index contributed by atoms with van der Waals surface area (Å²) in [6.07, 6.45) is -1.01. The van der Waals surface area contributed by atoms with Gasteiger partial charge in [0, 0.05) is 13.2 Å². The van der Waals surface area contributed by atoms with E-state index in [-0.39, 0.29) is 6.23 Å². The van der Waals surface area contributed by atoms with Crippen LogP contribution in [0.2, 0.25) is 0 Å². The number of ether oxygens (including phenoxy) is 2. The first-order valence-corrected chi connectivity index (χ1v) is 4.26. The molecule has 0 radical (unpaired) electrons. The van der Waals surface area contributed by atoms with Crippen LogP contribution in [-0.2, 0) is 9.47 Å². The van der Waals surface area contributed by atoms with Crippen LogP contribution in [0.1, 0.15) is 20.8 Å². The number of hydrogen-bond donors (Lipinski definition) is 1. The summed E-state index contributed by atoms with van der Waals surface area (Å²) in [6.45, 7) is 6.74. The lowest BCUT2D eigenvalue weighted by Crippen LogP contribution is -2.41. The predicted molar refractivity (Wildman–Crippen MR) is 46.5 cm³/mol. The van der Waals surface area contributed by atoms with Crippen LogP contribution in [0.5, 0.6) is 0 Å². The van der Waals surface area contributed by atoms with Crippen LogP contribution in [0.25, 0.3) is 0 Å². The highest BCUT2D eigenvalue weighted by Crippen LogP contribution is 2.02. The number of hydrogen-bond acceptors (Lipinski definition) is 4. The minimum Gasteiger partial charge on any atom is -0.364 e. The summed E-state index contributed by atoms with van der Waals surface area (Å²) in [4.78, 5) is 1.62. The molecule has 0 saturated heterocycles. The molecule has 4 heteroatoms. The molecule has 4 nitrogen and oxygen atoms in total. The minimum absolute atomic E-state index is 0.128. The van der Waals surface area contributed by atoms with Gasteiger partial charge in [0.1, 0.15) is 6.23 Å². The number of aliphatic hydroxyl groups is 1. The number of rotatable bonds is 6. The third kappa shape index (κ3) is 4.01. The largest absolute Gasteiger partial charge is 0.364 e. The van der Waals surface area contributed by atoms with Gasteiger partial charge in [-0.3, -0.25) is 0 Å². The standard InChI is InChI=1S/C8H19NO3/c1-5-11-7(3)9(4)8(10)12-6-2/h7-8,10H,5-6H2,1-4H3. The van der Waals surface area contributed by atoms with Crippen LogP contribution in [-0.4, -0.2) is 42.9 Å². The molecule has 0 amide bonds. The SMILES string of the molecule is CCOC(C)N(C)C(O)OCC. The molecular weight excluding hydrogens is 158 g/mol. The van der Waals surface area contributed by atoms with Crippen molar-refractivity contribution in [2.45, 2.75) is 33.4 Å². The van der Waals surface area contributed by atoms with Crippen LogP contribution in [0.15, 0.2) is 0 Å². The van der Waals surface area contributed by atoms with Crippen molar-refractivity contribution in [3.63, 3.8) is 0 Å². The zero-order valence-electron chi connectivity index (χ0n) is 8.28. The van der Waals surface area contributed by atoms with Gasteiger partial charge in [-0.1, -0.05) is 0 Å². The fourth-order valence-corrected chi connectivity index (χ4v) is 0.805. The van der Waals surface area contributed by atoms with E-state index in [1.54, 1.807) is 11.9 Å². The van der Waals surface area contributed by atoms with Gasteiger partial charge in [0.15, 0.2) is 0 Å². The highest BCUT2D eigenvalue weighted by Gasteiger charge is 2.16. The summed E-state index contributed by atoms with van der Waals surface area (Å²) in [5.74, 6) is 0. The van der Waals surface area contributed by atoms with Crippen molar-refractivity contribution < 1.29 is 14.6 Å². The lowest BCUT2D eigenvalue weighted by atomic mass is 10.5. The average molecular weight is 177 g/mol. The molecule has 2 atom stereocenters. The summed E-state index contributed by atoms with van der Waals surface area (Å²) < 4.78 is 10.2. The molecule has 12 heavy (non-hydrogen) atoms. The van der Waals surface area contributed by atoms with Gasteiger partial charge < -0.3 is 14.6 Å². The molecule has 0 aliphatic heterocycles. The minimum atomic E-state index is -0.878. The molecule has 0 aromatic heterocycles. The molecule has 0 aliphatic rings. The van der Waals surface area contributed by atoms with Crippen LogP contribution >= 0.6 is 0 Å². The summed E-state index contributed by atoms with van der Waals surface area (Å²) in [5.41, 5.74) is 0. The maximum Gasteiger partial charge on any atom is 0.217 e. The molecule has 0 aromatic carbocycles. The summed E-state index contributed by atoms with van der Waals surface area (Å²) >= 11 is 0. The molecule has 0 aliphatic carbocycles. The van der Waals surface area contributed by atoms with Crippen LogP contribution in [0.3, 0.4) is 0 Å². The number of nitrogens with zero attached hydrogens (tertiary/aromatic N) is 1. The van der Waals surface area contributed by atoms with E-state index in [0.29, 0.717) is 13.2 Å². The first kappa shape index (κ1) is 11.8. The molecule has 0 heterocycles. The molecule has 0 aromatic rings. The van der Waals surface area contributed by atoms with E-state index in [2.05, 4.69) is 0 Å². The van der Waals surface area contributed by atoms with Gasteiger partial charge in [-0.05, 0) is 27.8 Å². The van der Waals surface area contributed by atoms with E-state index < -0.39 is 6.41 Å². The quantitative estimate of drug-likeness (QED) is 0.604.